The minimum Gasteiger partial charge on any atom is -0.390 e. The van der Waals surface area contributed by atoms with Crippen molar-refractivity contribution in [3.63, 3.8) is 0 Å². The van der Waals surface area contributed by atoms with Gasteiger partial charge in [0.2, 0.25) is 0 Å². The number of benzene rings is 1. The van der Waals surface area contributed by atoms with Gasteiger partial charge in [-0.15, -0.1) is 6.58 Å². The third-order valence-corrected chi connectivity index (χ3v) is 3.63. The van der Waals surface area contributed by atoms with Gasteiger partial charge < -0.3 is 14.9 Å². The van der Waals surface area contributed by atoms with Crippen molar-refractivity contribution in [2.24, 2.45) is 11.8 Å². The van der Waals surface area contributed by atoms with Gasteiger partial charge >= 0.3 is 0 Å². The van der Waals surface area contributed by atoms with Gasteiger partial charge in [-0.1, -0.05) is 50.3 Å². The number of aliphatic hydroxyl groups is 2. The van der Waals surface area contributed by atoms with Crippen molar-refractivity contribution >= 4 is 5.78 Å². The standard InChI is InChI=1S/C17H24O4/c1-4-15(18)12(2)17(20)13(3)16(19)11-21-10-14-8-6-5-7-9-14/h4-9,12-13,15-16,18-19H,1,10-11H2,2-3H3/t12-,13-,15-,16+/m0/s1. The number of aliphatic hydroxyl groups excluding tert-OH is 2. The zero-order chi connectivity index (χ0) is 15.8. The Labute approximate surface area is 126 Å². The van der Waals surface area contributed by atoms with E-state index >= 15 is 0 Å². The highest BCUT2D eigenvalue weighted by Gasteiger charge is 2.29. The number of carbonyl (C=O) groups excluding carboxylic acids is 1. The van der Waals surface area contributed by atoms with Crippen LogP contribution in [-0.4, -0.2) is 34.8 Å². The average Bonchev–Trinajstić information content (AvgIpc) is 2.52. The predicted octanol–water partition coefficient (Wildman–Crippen LogP) is 1.95. The molecule has 0 amide bonds. The summed E-state index contributed by atoms with van der Waals surface area (Å²) in [6.07, 6.45) is -0.453. The first-order chi connectivity index (χ1) is 9.97. The van der Waals surface area contributed by atoms with E-state index in [0.29, 0.717) is 6.61 Å². The lowest BCUT2D eigenvalue weighted by Crippen LogP contribution is -2.36. The molecule has 0 saturated heterocycles. The van der Waals surface area contributed by atoms with Crippen LogP contribution in [0, 0.1) is 11.8 Å². The summed E-state index contributed by atoms with van der Waals surface area (Å²) in [6, 6.07) is 9.62. The third kappa shape index (κ3) is 5.42. The largest absolute Gasteiger partial charge is 0.390 e. The van der Waals surface area contributed by atoms with E-state index in [1.807, 2.05) is 30.3 Å². The number of carbonyl (C=O) groups is 1. The van der Waals surface area contributed by atoms with Gasteiger partial charge in [-0.3, -0.25) is 4.79 Å². The predicted molar refractivity (Wildman–Crippen MR) is 81.6 cm³/mol. The first-order valence-corrected chi connectivity index (χ1v) is 7.11. The quantitative estimate of drug-likeness (QED) is 0.683. The van der Waals surface area contributed by atoms with Crippen LogP contribution in [0.4, 0.5) is 0 Å². The molecule has 0 saturated carbocycles. The van der Waals surface area contributed by atoms with E-state index in [4.69, 9.17) is 4.74 Å². The van der Waals surface area contributed by atoms with E-state index in [1.54, 1.807) is 13.8 Å². The second-order valence-electron chi connectivity index (χ2n) is 5.27. The molecule has 0 heterocycles. The summed E-state index contributed by atoms with van der Waals surface area (Å²) in [7, 11) is 0. The number of hydrogen-bond acceptors (Lipinski definition) is 4. The highest BCUT2D eigenvalue weighted by atomic mass is 16.5. The summed E-state index contributed by atoms with van der Waals surface area (Å²) in [5, 5.41) is 19.6. The zero-order valence-electron chi connectivity index (χ0n) is 12.6. The van der Waals surface area contributed by atoms with E-state index in [2.05, 4.69) is 6.58 Å². The van der Waals surface area contributed by atoms with Crippen molar-refractivity contribution in [1.82, 2.24) is 0 Å². The molecule has 4 atom stereocenters. The minimum absolute atomic E-state index is 0.0820. The maximum absolute atomic E-state index is 12.1. The van der Waals surface area contributed by atoms with Crippen LogP contribution in [-0.2, 0) is 16.1 Å². The van der Waals surface area contributed by atoms with Crippen LogP contribution in [0.1, 0.15) is 19.4 Å². The number of ether oxygens (including phenoxy) is 1. The SMILES string of the molecule is C=C[C@H](O)[C@H](C)C(=O)[C@@H](C)[C@H](O)COCc1ccccc1. The molecule has 1 aromatic rings. The molecule has 2 N–H and O–H groups in total. The lowest BCUT2D eigenvalue weighted by atomic mass is 9.88. The van der Waals surface area contributed by atoms with Gasteiger partial charge in [0.15, 0.2) is 0 Å². The summed E-state index contributed by atoms with van der Waals surface area (Å²) in [5.74, 6) is -1.37. The third-order valence-electron chi connectivity index (χ3n) is 3.63. The number of rotatable bonds is 9. The summed E-state index contributed by atoms with van der Waals surface area (Å²) in [6.45, 7) is 7.21. The molecule has 0 aliphatic carbocycles. The van der Waals surface area contributed by atoms with Crippen molar-refractivity contribution in [3.05, 3.63) is 48.6 Å². The number of Topliss-reactive ketones (excluding diaryl/α,β-unsaturated/α-hetero) is 1. The molecule has 21 heavy (non-hydrogen) atoms. The van der Waals surface area contributed by atoms with E-state index < -0.39 is 24.0 Å². The minimum atomic E-state index is -0.891. The number of hydrogen-bond donors (Lipinski definition) is 2. The Hall–Kier alpha value is -1.49. The Balaban J connectivity index is 2.42. The fourth-order valence-corrected chi connectivity index (χ4v) is 1.99. The van der Waals surface area contributed by atoms with Crippen molar-refractivity contribution in [3.8, 4) is 0 Å². The van der Waals surface area contributed by atoms with Crippen LogP contribution in [0.15, 0.2) is 43.0 Å². The molecule has 1 rings (SSSR count). The average molecular weight is 292 g/mol. The molecule has 0 bridgehead atoms. The Morgan fingerprint density at radius 3 is 2.43 bits per heavy atom. The van der Waals surface area contributed by atoms with Crippen molar-refractivity contribution in [2.75, 3.05) is 6.61 Å². The number of ketones is 1. The smallest absolute Gasteiger partial charge is 0.144 e. The Morgan fingerprint density at radius 2 is 1.86 bits per heavy atom. The summed E-state index contributed by atoms with van der Waals surface area (Å²) in [4.78, 5) is 12.1. The van der Waals surface area contributed by atoms with Gasteiger partial charge in [-0.05, 0) is 5.56 Å². The monoisotopic (exact) mass is 292 g/mol. The molecular weight excluding hydrogens is 268 g/mol. The molecule has 0 aliphatic rings. The fraction of sp³-hybridized carbons (Fsp3) is 0.471. The molecule has 4 nitrogen and oxygen atoms in total. The van der Waals surface area contributed by atoms with Crippen molar-refractivity contribution < 1.29 is 19.7 Å². The zero-order valence-corrected chi connectivity index (χ0v) is 12.6. The van der Waals surface area contributed by atoms with Gasteiger partial charge in [0.1, 0.15) is 5.78 Å². The van der Waals surface area contributed by atoms with Crippen LogP contribution in [0.2, 0.25) is 0 Å². The molecule has 0 fully saturated rings. The Morgan fingerprint density at radius 1 is 1.24 bits per heavy atom. The highest BCUT2D eigenvalue weighted by Crippen LogP contribution is 2.16. The molecule has 0 radical (unpaired) electrons. The maximum atomic E-state index is 12.1. The maximum Gasteiger partial charge on any atom is 0.144 e. The van der Waals surface area contributed by atoms with E-state index in [9.17, 15) is 15.0 Å². The molecule has 0 spiro atoms. The molecule has 0 unspecified atom stereocenters. The Bertz CT molecular complexity index is 443. The van der Waals surface area contributed by atoms with Gasteiger partial charge in [-0.25, -0.2) is 0 Å². The van der Waals surface area contributed by atoms with Crippen molar-refractivity contribution in [2.45, 2.75) is 32.7 Å². The van der Waals surface area contributed by atoms with Gasteiger partial charge in [0.25, 0.3) is 0 Å². The van der Waals surface area contributed by atoms with E-state index in [1.165, 1.54) is 6.08 Å². The first-order valence-electron chi connectivity index (χ1n) is 7.11. The normalized spacial score (nSPS) is 16.8. The topological polar surface area (TPSA) is 66.8 Å². The van der Waals surface area contributed by atoms with E-state index in [0.717, 1.165) is 5.56 Å². The van der Waals surface area contributed by atoms with Gasteiger partial charge in [0.05, 0.1) is 25.4 Å². The molecular formula is C17H24O4. The van der Waals surface area contributed by atoms with E-state index in [-0.39, 0.29) is 12.4 Å². The van der Waals surface area contributed by atoms with Crippen LogP contribution >= 0.6 is 0 Å². The van der Waals surface area contributed by atoms with Gasteiger partial charge in [0, 0.05) is 11.8 Å². The van der Waals surface area contributed by atoms with Crippen LogP contribution in [0.5, 0.6) is 0 Å². The summed E-state index contributed by atoms with van der Waals surface area (Å²) >= 11 is 0. The van der Waals surface area contributed by atoms with Gasteiger partial charge in [-0.2, -0.15) is 0 Å². The first kappa shape index (κ1) is 17.6. The highest BCUT2D eigenvalue weighted by molar-refractivity contribution is 5.84. The fourth-order valence-electron chi connectivity index (χ4n) is 1.99. The van der Waals surface area contributed by atoms with Crippen LogP contribution < -0.4 is 0 Å². The lowest BCUT2D eigenvalue weighted by molar-refractivity contribution is -0.133. The molecule has 0 aromatic heterocycles. The summed E-state index contributed by atoms with van der Waals surface area (Å²) in [5.41, 5.74) is 1.01. The van der Waals surface area contributed by atoms with Crippen LogP contribution in [0.25, 0.3) is 0 Å². The molecule has 4 heteroatoms. The second kappa shape index (κ2) is 8.72. The molecule has 1 aromatic carbocycles. The molecule has 116 valence electrons. The van der Waals surface area contributed by atoms with Crippen LogP contribution in [0.3, 0.4) is 0 Å². The van der Waals surface area contributed by atoms with Crippen molar-refractivity contribution in [1.29, 1.82) is 0 Å². The second-order valence-corrected chi connectivity index (χ2v) is 5.27. The lowest BCUT2D eigenvalue weighted by Gasteiger charge is -2.22. The summed E-state index contributed by atoms with van der Waals surface area (Å²) < 4.78 is 5.43. The Kier molecular flexibility index (Phi) is 7.29. The molecule has 0 aliphatic heterocycles.